The molecule has 2 rings (SSSR count). The number of rotatable bonds is 8. The van der Waals surface area contributed by atoms with Crippen LogP contribution >= 0.6 is 11.8 Å². The number of aliphatic carboxylic acids is 1. The zero-order valence-electron chi connectivity index (χ0n) is 12.8. The molecule has 0 saturated carbocycles. The Balaban J connectivity index is 1.89. The van der Waals surface area contributed by atoms with E-state index in [1.165, 1.54) is 0 Å². The second kappa shape index (κ2) is 8.38. The number of aromatic nitrogens is 2. The van der Waals surface area contributed by atoms with Crippen molar-refractivity contribution in [2.45, 2.75) is 25.1 Å². The van der Waals surface area contributed by atoms with Gasteiger partial charge in [-0.1, -0.05) is 12.1 Å². The van der Waals surface area contributed by atoms with Gasteiger partial charge in [0.2, 0.25) is 5.91 Å². The van der Waals surface area contributed by atoms with Crippen molar-refractivity contribution in [3.8, 4) is 0 Å². The van der Waals surface area contributed by atoms with Crippen LogP contribution in [0.15, 0.2) is 42.7 Å². The number of hydrogen-bond donors (Lipinski definition) is 2. The van der Waals surface area contributed by atoms with E-state index in [0.717, 1.165) is 11.3 Å². The van der Waals surface area contributed by atoms with Crippen LogP contribution in [0, 0.1) is 0 Å². The molecule has 0 saturated heterocycles. The number of nitrogens with one attached hydrogen (secondary N) is 1. The average molecular weight is 333 g/mol. The molecule has 2 aromatic rings. The van der Waals surface area contributed by atoms with Crippen molar-refractivity contribution in [2.75, 3.05) is 11.1 Å². The second-order valence-corrected chi connectivity index (χ2v) is 6.15. The predicted octanol–water partition coefficient (Wildman–Crippen LogP) is 2.79. The summed E-state index contributed by atoms with van der Waals surface area (Å²) < 4.78 is 1.60. The van der Waals surface area contributed by atoms with E-state index in [0.29, 0.717) is 11.5 Å². The fourth-order valence-corrected chi connectivity index (χ4v) is 2.84. The number of nitrogens with zero attached hydrogens (tertiary/aromatic N) is 2. The highest BCUT2D eigenvalue weighted by Crippen LogP contribution is 2.18. The number of thioether (sulfide) groups is 1. The van der Waals surface area contributed by atoms with E-state index in [9.17, 15) is 9.59 Å². The van der Waals surface area contributed by atoms with Crippen molar-refractivity contribution in [3.05, 3.63) is 48.3 Å². The Labute approximate surface area is 138 Å². The first kappa shape index (κ1) is 17.1. The lowest BCUT2D eigenvalue weighted by atomic mass is 10.2. The Morgan fingerprint density at radius 3 is 2.91 bits per heavy atom. The van der Waals surface area contributed by atoms with Gasteiger partial charge in [0.05, 0.1) is 6.42 Å². The molecule has 1 aromatic carbocycles. The fourth-order valence-electron chi connectivity index (χ4n) is 1.96. The second-order valence-electron chi connectivity index (χ2n) is 5.05. The van der Waals surface area contributed by atoms with Crippen LogP contribution in [-0.2, 0) is 15.3 Å². The van der Waals surface area contributed by atoms with Crippen molar-refractivity contribution < 1.29 is 14.7 Å². The number of carboxylic acids is 1. The van der Waals surface area contributed by atoms with Crippen molar-refractivity contribution in [1.29, 1.82) is 0 Å². The van der Waals surface area contributed by atoms with Gasteiger partial charge in [-0.15, -0.1) is 0 Å². The van der Waals surface area contributed by atoms with Crippen molar-refractivity contribution in [1.82, 2.24) is 9.78 Å². The van der Waals surface area contributed by atoms with Gasteiger partial charge >= 0.3 is 5.97 Å². The molecule has 0 fully saturated rings. The number of carbonyl (C=O) groups excluding carboxylic acids is 1. The van der Waals surface area contributed by atoms with Crippen LogP contribution in [0.1, 0.15) is 24.9 Å². The number of benzene rings is 1. The summed E-state index contributed by atoms with van der Waals surface area (Å²) in [6.07, 6.45) is 3.54. The average Bonchev–Trinajstić information content (AvgIpc) is 3.05. The maximum atomic E-state index is 12.2. The highest BCUT2D eigenvalue weighted by atomic mass is 32.2. The van der Waals surface area contributed by atoms with Gasteiger partial charge in [-0.05, 0) is 30.7 Å². The van der Waals surface area contributed by atoms with Gasteiger partial charge < -0.3 is 10.4 Å². The number of carboxylic acid groups (broad SMARTS) is 1. The summed E-state index contributed by atoms with van der Waals surface area (Å²) in [5, 5.41) is 15.6. The summed E-state index contributed by atoms with van der Waals surface area (Å²) in [5.74, 6) is 0.365. The summed E-state index contributed by atoms with van der Waals surface area (Å²) in [6, 6.07) is 8.96. The molecule has 23 heavy (non-hydrogen) atoms. The first-order chi connectivity index (χ1) is 11.1. The number of carbonyl (C=O) groups is 2. The lowest BCUT2D eigenvalue weighted by Crippen LogP contribution is -2.24. The van der Waals surface area contributed by atoms with Crippen molar-refractivity contribution in [2.24, 2.45) is 0 Å². The van der Waals surface area contributed by atoms with Crippen LogP contribution in [0.3, 0.4) is 0 Å². The highest BCUT2D eigenvalue weighted by Gasteiger charge is 2.15. The van der Waals surface area contributed by atoms with Crippen molar-refractivity contribution >= 4 is 29.3 Å². The van der Waals surface area contributed by atoms with Gasteiger partial charge in [-0.25, -0.2) is 0 Å². The minimum atomic E-state index is -0.786. The van der Waals surface area contributed by atoms with Crippen LogP contribution in [0.2, 0.25) is 0 Å². The largest absolute Gasteiger partial charge is 0.481 e. The highest BCUT2D eigenvalue weighted by molar-refractivity contribution is 7.98. The van der Waals surface area contributed by atoms with Crippen LogP contribution in [0.4, 0.5) is 5.69 Å². The number of hydrogen-bond acceptors (Lipinski definition) is 4. The fraction of sp³-hybridized carbons (Fsp3) is 0.312. The first-order valence-electron chi connectivity index (χ1n) is 7.24. The molecule has 1 aromatic heterocycles. The third kappa shape index (κ3) is 5.45. The molecule has 0 radical (unpaired) electrons. The van der Waals surface area contributed by atoms with E-state index in [4.69, 9.17) is 5.11 Å². The minimum absolute atomic E-state index is 0.135. The molecule has 0 aliphatic heterocycles. The third-order valence-electron chi connectivity index (χ3n) is 3.22. The van der Waals surface area contributed by atoms with Gasteiger partial charge in [0, 0.05) is 29.6 Å². The standard InChI is InChI=1S/C16H19N3O3S/c1-12(19-8-3-7-17-19)16(22)18-14-5-2-4-13(10-14)11-23-9-6-15(20)21/h2-5,7-8,10,12H,6,9,11H2,1H3,(H,18,22)(H,20,21). The lowest BCUT2D eigenvalue weighted by molar-refractivity contribution is -0.136. The molecule has 6 nitrogen and oxygen atoms in total. The van der Waals surface area contributed by atoms with Crippen LogP contribution in [0.5, 0.6) is 0 Å². The van der Waals surface area contributed by atoms with Gasteiger partial charge in [0.1, 0.15) is 6.04 Å². The summed E-state index contributed by atoms with van der Waals surface area (Å²) in [5.41, 5.74) is 1.77. The summed E-state index contributed by atoms with van der Waals surface area (Å²) in [7, 11) is 0. The van der Waals surface area contributed by atoms with E-state index in [2.05, 4.69) is 10.4 Å². The van der Waals surface area contributed by atoms with E-state index >= 15 is 0 Å². The molecular weight excluding hydrogens is 314 g/mol. The molecule has 1 amide bonds. The van der Waals surface area contributed by atoms with E-state index < -0.39 is 12.0 Å². The molecule has 0 bridgehead atoms. The van der Waals surface area contributed by atoms with E-state index in [1.54, 1.807) is 41.8 Å². The number of anilines is 1. The molecule has 1 heterocycles. The Morgan fingerprint density at radius 2 is 2.22 bits per heavy atom. The van der Waals surface area contributed by atoms with E-state index in [-0.39, 0.29) is 12.3 Å². The molecule has 122 valence electrons. The van der Waals surface area contributed by atoms with Crippen molar-refractivity contribution in [3.63, 3.8) is 0 Å². The maximum absolute atomic E-state index is 12.2. The Morgan fingerprint density at radius 1 is 1.39 bits per heavy atom. The SMILES string of the molecule is CC(C(=O)Nc1cccc(CSCCC(=O)O)c1)n1cccn1. The predicted molar refractivity (Wildman–Crippen MR) is 90.4 cm³/mol. The van der Waals surface area contributed by atoms with Gasteiger partial charge in [-0.2, -0.15) is 16.9 Å². The van der Waals surface area contributed by atoms with Crippen LogP contribution < -0.4 is 5.32 Å². The first-order valence-corrected chi connectivity index (χ1v) is 8.40. The Kier molecular flexibility index (Phi) is 6.22. The third-order valence-corrected chi connectivity index (χ3v) is 4.25. The Hall–Kier alpha value is -2.28. The monoisotopic (exact) mass is 333 g/mol. The molecular formula is C16H19N3O3S. The molecule has 7 heteroatoms. The summed E-state index contributed by atoms with van der Waals surface area (Å²) in [4.78, 5) is 22.7. The van der Waals surface area contributed by atoms with Crippen LogP contribution in [-0.4, -0.2) is 32.5 Å². The summed E-state index contributed by atoms with van der Waals surface area (Å²) in [6.45, 7) is 1.79. The normalized spacial score (nSPS) is 11.9. The molecule has 0 aliphatic rings. The molecule has 1 atom stereocenters. The summed E-state index contributed by atoms with van der Waals surface area (Å²) >= 11 is 1.56. The van der Waals surface area contributed by atoms with Gasteiger partial charge in [-0.3, -0.25) is 14.3 Å². The molecule has 2 N–H and O–H groups in total. The topological polar surface area (TPSA) is 84.2 Å². The molecule has 0 aliphatic carbocycles. The zero-order chi connectivity index (χ0) is 16.7. The van der Waals surface area contributed by atoms with E-state index in [1.807, 2.05) is 24.3 Å². The molecule has 1 unspecified atom stereocenters. The number of amides is 1. The quantitative estimate of drug-likeness (QED) is 0.726. The Bertz CT molecular complexity index is 658. The zero-order valence-corrected chi connectivity index (χ0v) is 13.6. The smallest absolute Gasteiger partial charge is 0.304 e. The minimum Gasteiger partial charge on any atom is -0.481 e. The van der Waals surface area contributed by atoms with Gasteiger partial charge in [0.25, 0.3) is 0 Å². The lowest BCUT2D eigenvalue weighted by Gasteiger charge is -2.13. The van der Waals surface area contributed by atoms with Gasteiger partial charge in [0.15, 0.2) is 0 Å². The molecule has 0 spiro atoms. The van der Waals surface area contributed by atoms with Crippen LogP contribution in [0.25, 0.3) is 0 Å². The maximum Gasteiger partial charge on any atom is 0.304 e.